The van der Waals surface area contributed by atoms with Crippen molar-refractivity contribution in [1.29, 1.82) is 0 Å². The Morgan fingerprint density at radius 2 is 2.42 bits per heavy atom. The van der Waals surface area contributed by atoms with E-state index in [-0.39, 0.29) is 5.69 Å². The van der Waals surface area contributed by atoms with E-state index in [1.807, 2.05) is 6.92 Å². The van der Waals surface area contributed by atoms with Crippen LogP contribution < -0.4 is 4.74 Å². The number of carboxylic acid groups (broad SMARTS) is 1. The summed E-state index contributed by atoms with van der Waals surface area (Å²) >= 11 is 0. The van der Waals surface area contributed by atoms with Gasteiger partial charge in [-0.3, -0.25) is 0 Å². The topological polar surface area (TPSA) is 62.3 Å². The van der Waals surface area contributed by atoms with E-state index in [1.165, 1.54) is 7.11 Å². The maximum atomic E-state index is 10.6. The number of hydrogen-bond acceptors (Lipinski definition) is 2. The molecular formula is C8H11NO3. The highest BCUT2D eigenvalue weighted by Crippen LogP contribution is 2.21. The minimum absolute atomic E-state index is 0.217. The molecule has 2 N–H and O–H groups in total. The number of nitrogens with one attached hydrogen (secondary N) is 1. The van der Waals surface area contributed by atoms with Crippen molar-refractivity contribution in [3.63, 3.8) is 0 Å². The first-order valence-corrected chi connectivity index (χ1v) is 3.68. The summed E-state index contributed by atoms with van der Waals surface area (Å²) in [6, 6.07) is 0. The third kappa shape index (κ3) is 1.28. The first-order chi connectivity index (χ1) is 5.70. The van der Waals surface area contributed by atoms with Crippen molar-refractivity contribution >= 4 is 5.97 Å². The number of aromatic amines is 1. The van der Waals surface area contributed by atoms with E-state index in [4.69, 9.17) is 9.84 Å². The summed E-state index contributed by atoms with van der Waals surface area (Å²) < 4.78 is 4.97. The second-order valence-electron chi connectivity index (χ2n) is 2.37. The molecule has 1 heterocycles. The molecule has 1 aromatic rings. The lowest BCUT2D eigenvalue weighted by Gasteiger charge is -1.99. The van der Waals surface area contributed by atoms with Gasteiger partial charge in [-0.1, -0.05) is 6.92 Å². The summed E-state index contributed by atoms with van der Waals surface area (Å²) in [7, 11) is 1.52. The molecular weight excluding hydrogens is 158 g/mol. The Morgan fingerprint density at radius 3 is 2.83 bits per heavy atom. The van der Waals surface area contributed by atoms with Gasteiger partial charge >= 0.3 is 5.97 Å². The molecule has 0 fully saturated rings. The monoisotopic (exact) mass is 169 g/mol. The number of carboxylic acids is 1. The second-order valence-corrected chi connectivity index (χ2v) is 2.37. The number of carbonyl (C=O) groups is 1. The predicted molar refractivity (Wildman–Crippen MR) is 43.7 cm³/mol. The van der Waals surface area contributed by atoms with Crippen molar-refractivity contribution in [2.45, 2.75) is 13.3 Å². The second kappa shape index (κ2) is 3.30. The number of hydrogen-bond donors (Lipinski definition) is 2. The van der Waals surface area contributed by atoms with Crippen molar-refractivity contribution in [3.05, 3.63) is 17.5 Å². The molecule has 4 nitrogen and oxygen atoms in total. The third-order valence-corrected chi connectivity index (χ3v) is 1.73. The van der Waals surface area contributed by atoms with Crippen LogP contribution in [0.15, 0.2) is 6.20 Å². The van der Waals surface area contributed by atoms with Crippen molar-refractivity contribution in [1.82, 2.24) is 4.98 Å². The summed E-state index contributed by atoms with van der Waals surface area (Å²) in [4.78, 5) is 13.3. The van der Waals surface area contributed by atoms with Gasteiger partial charge in [-0.15, -0.1) is 0 Å². The molecule has 0 unspecified atom stereocenters. The van der Waals surface area contributed by atoms with E-state index >= 15 is 0 Å². The molecule has 0 aliphatic rings. The van der Waals surface area contributed by atoms with E-state index < -0.39 is 5.97 Å². The Morgan fingerprint density at radius 1 is 1.75 bits per heavy atom. The van der Waals surface area contributed by atoms with Crippen LogP contribution in [-0.2, 0) is 6.42 Å². The van der Waals surface area contributed by atoms with E-state index in [0.29, 0.717) is 17.7 Å². The fraction of sp³-hybridized carbons (Fsp3) is 0.375. The van der Waals surface area contributed by atoms with E-state index in [9.17, 15) is 4.79 Å². The predicted octanol–water partition coefficient (Wildman–Crippen LogP) is 1.28. The summed E-state index contributed by atoms with van der Waals surface area (Å²) in [6.07, 6.45) is 2.20. The van der Waals surface area contributed by atoms with Crippen molar-refractivity contribution < 1.29 is 14.6 Å². The largest absolute Gasteiger partial charge is 0.495 e. The van der Waals surface area contributed by atoms with Crippen LogP contribution in [0, 0.1) is 0 Å². The molecule has 66 valence electrons. The average molecular weight is 169 g/mol. The van der Waals surface area contributed by atoms with E-state index in [0.717, 1.165) is 0 Å². The Labute approximate surface area is 70.2 Å². The van der Waals surface area contributed by atoms with Crippen molar-refractivity contribution in [2.24, 2.45) is 0 Å². The van der Waals surface area contributed by atoms with Gasteiger partial charge in [0.1, 0.15) is 11.4 Å². The number of methoxy groups -OCH3 is 1. The Balaban J connectivity index is 3.13. The molecule has 0 bridgehead atoms. The lowest BCUT2D eigenvalue weighted by molar-refractivity contribution is 0.0690. The van der Waals surface area contributed by atoms with Gasteiger partial charge in [-0.05, 0) is 6.42 Å². The SMILES string of the molecule is CCc1c(OC)c[nH]c1C(=O)O. The molecule has 0 saturated carbocycles. The molecule has 0 saturated heterocycles. The molecule has 0 spiro atoms. The molecule has 1 rings (SSSR count). The van der Waals surface area contributed by atoms with Crippen LogP contribution in [0.25, 0.3) is 0 Å². The van der Waals surface area contributed by atoms with Gasteiger partial charge < -0.3 is 14.8 Å². The van der Waals surface area contributed by atoms with E-state index in [2.05, 4.69) is 4.98 Å². The molecule has 0 aliphatic carbocycles. The molecule has 0 radical (unpaired) electrons. The van der Waals surface area contributed by atoms with Crippen LogP contribution in [0.2, 0.25) is 0 Å². The van der Waals surface area contributed by atoms with Gasteiger partial charge in [0, 0.05) is 11.8 Å². The quantitative estimate of drug-likeness (QED) is 0.716. The number of rotatable bonds is 3. The molecule has 4 heteroatoms. The van der Waals surface area contributed by atoms with Crippen LogP contribution in [0.4, 0.5) is 0 Å². The van der Waals surface area contributed by atoms with Crippen LogP contribution in [0.3, 0.4) is 0 Å². The maximum absolute atomic E-state index is 10.6. The summed E-state index contributed by atoms with van der Waals surface area (Å²) in [5.41, 5.74) is 0.930. The number of ether oxygens (including phenoxy) is 1. The zero-order chi connectivity index (χ0) is 9.14. The highest BCUT2D eigenvalue weighted by atomic mass is 16.5. The summed E-state index contributed by atoms with van der Waals surface area (Å²) in [5.74, 6) is -0.343. The smallest absolute Gasteiger partial charge is 0.352 e. The van der Waals surface area contributed by atoms with E-state index in [1.54, 1.807) is 6.20 Å². The van der Waals surface area contributed by atoms with Gasteiger partial charge in [0.15, 0.2) is 0 Å². The highest BCUT2D eigenvalue weighted by Gasteiger charge is 2.14. The molecule has 0 aliphatic heterocycles. The zero-order valence-electron chi connectivity index (χ0n) is 7.05. The average Bonchev–Trinajstić information content (AvgIpc) is 2.46. The van der Waals surface area contributed by atoms with Crippen molar-refractivity contribution in [3.8, 4) is 5.75 Å². The molecule has 0 atom stereocenters. The third-order valence-electron chi connectivity index (χ3n) is 1.73. The molecule has 0 amide bonds. The first kappa shape index (κ1) is 8.64. The standard InChI is InChI=1S/C8H11NO3/c1-3-5-6(12-2)4-9-7(5)8(10)11/h4,9H,3H2,1-2H3,(H,10,11). The van der Waals surface area contributed by atoms with Gasteiger partial charge in [-0.2, -0.15) is 0 Å². The summed E-state index contributed by atoms with van der Waals surface area (Å²) in [5, 5.41) is 8.72. The van der Waals surface area contributed by atoms with Gasteiger partial charge in [-0.25, -0.2) is 4.79 Å². The Bertz CT molecular complexity index is 290. The maximum Gasteiger partial charge on any atom is 0.352 e. The van der Waals surface area contributed by atoms with Crippen LogP contribution in [-0.4, -0.2) is 23.2 Å². The van der Waals surface area contributed by atoms with Crippen molar-refractivity contribution in [2.75, 3.05) is 7.11 Å². The molecule has 12 heavy (non-hydrogen) atoms. The van der Waals surface area contributed by atoms with Gasteiger partial charge in [0.25, 0.3) is 0 Å². The van der Waals surface area contributed by atoms with Crippen LogP contribution in [0.1, 0.15) is 23.0 Å². The minimum Gasteiger partial charge on any atom is -0.495 e. The Kier molecular flexibility index (Phi) is 2.38. The highest BCUT2D eigenvalue weighted by molar-refractivity contribution is 5.88. The first-order valence-electron chi connectivity index (χ1n) is 3.68. The molecule has 1 aromatic heterocycles. The lowest BCUT2D eigenvalue weighted by atomic mass is 10.2. The number of H-pyrrole nitrogens is 1. The van der Waals surface area contributed by atoms with Crippen LogP contribution in [0.5, 0.6) is 5.75 Å². The van der Waals surface area contributed by atoms with Gasteiger partial charge in [0.05, 0.1) is 7.11 Å². The fourth-order valence-corrected chi connectivity index (χ4v) is 1.16. The Hall–Kier alpha value is -1.45. The number of aromatic nitrogens is 1. The van der Waals surface area contributed by atoms with Crippen LogP contribution >= 0.6 is 0 Å². The normalized spacial score (nSPS) is 9.83. The number of aromatic carboxylic acids is 1. The van der Waals surface area contributed by atoms with Gasteiger partial charge in [0.2, 0.25) is 0 Å². The zero-order valence-corrected chi connectivity index (χ0v) is 7.05. The summed E-state index contributed by atoms with van der Waals surface area (Å²) in [6.45, 7) is 1.89. The lowest BCUT2D eigenvalue weighted by Crippen LogP contribution is -2.00. The minimum atomic E-state index is -0.949. The molecule has 0 aromatic carbocycles. The fourth-order valence-electron chi connectivity index (χ4n) is 1.16.